The maximum absolute atomic E-state index is 14.8. The minimum atomic E-state index is -5.24. The predicted octanol–water partition coefficient (Wildman–Crippen LogP) is 1.65. The lowest BCUT2D eigenvalue weighted by molar-refractivity contribution is -0.177. The monoisotopic (exact) mass is 601 g/mol. The van der Waals surface area contributed by atoms with Crippen molar-refractivity contribution < 1.29 is 55.1 Å². The molecule has 2 saturated heterocycles. The first kappa shape index (κ1) is 30.4. The van der Waals surface area contributed by atoms with E-state index in [1.807, 2.05) is 0 Å². The lowest BCUT2D eigenvalue weighted by atomic mass is 10.1. The number of hydrogen-bond donors (Lipinski definition) is 4. The Bertz CT molecular complexity index is 1350. The van der Waals surface area contributed by atoms with E-state index >= 15 is 0 Å². The number of anilines is 1. The van der Waals surface area contributed by atoms with Crippen LogP contribution in [0.3, 0.4) is 0 Å². The van der Waals surface area contributed by atoms with Gasteiger partial charge >= 0.3 is 19.9 Å². The highest BCUT2D eigenvalue weighted by atomic mass is 31.2. The Kier molecular flexibility index (Phi) is 8.35. The van der Waals surface area contributed by atoms with Crippen molar-refractivity contribution in [3.63, 3.8) is 0 Å². The quantitative estimate of drug-likeness (QED) is 0.242. The third kappa shape index (κ3) is 6.82. The number of phosphoric acid groups is 1. The number of aromatic amines is 1. The number of hydrogen-bond acceptors (Lipinski definition) is 10. The van der Waals surface area contributed by atoms with Crippen LogP contribution in [0.5, 0.6) is 0 Å². The molecule has 2 aliphatic heterocycles. The Labute approximate surface area is 223 Å². The number of carbonyl (C=O) groups is 1. The molecule has 0 saturated carbocycles. The first-order valence-electron chi connectivity index (χ1n) is 12.0. The van der Waals surface area contributed by atoms with Crippen molar-refractivity contribution >= 4 is 30.7 Å². The number of rotatable bonds is 9. The van der Waals surface area contributed by atoms with Crippen LogP contribution in [0.2, 0.25) is 0 Å². The number of nitrogens with zero attached hydrogens (tertiary/aromatic N) is 2. The molecule has 0 spiro atoms. The Morgan fingerprint density at radius 3 is 2.73 bits per heavy atom. The van der Waals surface area contributed by atoms with E-state index < -0.39 is 81.2 Å². The van der Waals surface area contributed by atoms with Crippen molar-refractivity contribution in [3.8, 4) is 0 Å². The van der Waals surface area contributed by atoms with E-state index in [2.05, 4.69) is 9.97 Å². The zero-order chi connectivity index (χ0) is 29.6. The summed E-state index contributed by atoms with van der Waals surface area (Å²) in [6.07, 6.45) is -10.1. The summed E-state index contributed by atoms with van der Waals surface area (Å²) in [5, 5.41) is 1.83. The van der Waals surface area contributed by atoms with E-state index in [0.717, 1.165) is 0 Å². The Morgan fingerprint density at radius 1 is 1.40 bits per heavy atom. The summed E-state index contributed by atoms with van der Waals surface area (Å²) in [5.41, 5.74) is 5.09. The van der Waals surface area contributed by atoms with E-state index in [9.17, 15) is 36.6 Å². The van der Waals surface area contributed by atoms with Gasteiger partial charge in [0, 0.05) is 12.6 Å². The Balaban J connectivity index is 1.38. The fraction of sp³-hybridized carbons (Fsp3) is 0.667. The molecule has 19 heteroatoms. The molecule has 40 heavy (non-hydrogen) atoms. The topological polar surface area (TPSA) is 189 Å². The third-order valence-electron chi connectivity index (χ3n) is 6.17. The van der Waals surface area contributed by atoms with Crippen LogP contribution in [-0.2, 0) is 32.6 Å². The molecule has 4 heterocycles. The molecule has 0 bridgehead atoms. The molecular formula is C21H28F4N5O9P. The number of phosphoric ester groups is 1. The zero-order valence-corrected chi connectivity index (χ0v) is 22.3. The number of nitrogens with one attached hydrogen (secondary N) is 2. The molecular weight excluding hydrogens is 573 g/mol. The molecule has 14 nitrogen and oxygen atoms in total. The normalized spacial score (nSPS) is 28.9. The fourth-order valence-corrected chi connectivity index (χ4v) is 5.33. The van der Waals surface area contributed by atoms with Crippen LogP contribution in [0.1, 0.15) is 33.4 Å². The van der Waals surface area contributed by atoms with E-state index in [1.165, 1.54) is 37.6 Å². The molecule has 2 aliphatic rings. The van der Waals surface area contributed by atoms with Crippen molar-refractivity contribution in [1.82, 2.24) is 19.9 Å². The van der Waals surface area contributed by atoms with Crippen LogP contribution < -0.4 is 16.6 Å². The highest BCUT2D eigenvalue weighted by Crippen LogP contribution is 2.45. The number of nitrogen functional groups attached to an aromatic ring is 1. The van der Waals surface area contributed by atoms with Gasteiger partial charge in [-0.25, -0.2) is 8.96 Å². The van der Waals surface area contributed by atoms with Crippen molar-refractivity contribution in [2.24, 2.45) is 0 Å². The maximum atomic E-state index is 14.8. The summed E-state index contributed by atoms with van der Waals surface area (Å²) in [6.45, 7) is 2.93. The number of carbonyl (C=O) groups excluding carboxylic acids is 1. The van der Waals surface area contributed by atoms with E-state index in [0.29, 0.717) is 0 Å². The molecule has 7 atom stereocenters. The van der Waals surface area contributed by atoms with Crippen molar-refractivity contribution in [1.29, 1.82) is 0 Å². The van der Waals surface area contributed by atoms with Crippen LogP contribution >= 0.6 is 7.82 Å². The van der Waals surface area contributed by atoms with E-state index in [-0.39, 0.29) is 23.4 Å². The van der Waals surface area contributed by atoms with Gasteiger partial charge in [0.25, 0.3) is 5.56 Å². The third-order valence-corrected chi connectivity index (χ3v) is 7.12. The first-order chi connectivity index (χ1) is 18.5. The molecule has 224 valence electrons. The van der Waals surface area contributed by atoms with Gasteiger partial charge in [-0.2, -0.15) is 18.2 Å². The number of amides is 1. The van der Waals surface area contributed by atoms with Crippen LogP contribution in [0.25, 0.3) is 11.0 Å². The summed E-state index contributed by atoms with van der Waals surface area (Å²) in [4.78, 5) is 40.0. The van der Waals surface area contributed by atoms with Gasteiger partial charge in [0.05, 0.1) is 36.8 Å². The molecule has 0 radical (unpaired) electrons. The van der Waals surface area contributed by atoms with Gasteiger partial charge in [0.2, 0.25) is 5.95 Å². The van der Waals surface area contributed by atoms with Gasteiger partial charge in [-0.1, -0.05) is 0 Å². The molecule has 0 aliphatic carbocycles. The number of aromatic nitrogens is 3. The number of fused-ring (bicyclic) bond motifs is 1. The van der Waals surface area contributed by atoms with E-state index in [4.69, 9.17) is 29.0 Å². The number of ether oxygens (including phenoxy) is 3. The van der Waals surface area contributed by atoms with Gasteiger partial charge in [-0.3, -0.25) is 23.6 Å². The molecule has 2 aromatic rings. The molecule has 2 fully saturated rings. The second kappa shape index (κ2) is 11.0. The Hall–Kier alpha value is -2.60. The SMILES string of the molecule is C[C@H]1OC(C)(C)O[C@H]1[C@H](COP(=O)(O)OC[C@@H]1C[C@H](F)C(n2ccc3c(=O)[nH]c(N)nc32)O1)NC(=O)C(F)(F)F. The highest BCUT2D eigenvalue weighted by molar-refractivity contribution is 7.47. The number of H-pyrrole nitrogens is 1. The minimum absolute atomic E-state index is 0.0640. The van der Waals surface area contributed by atoms with Crippen molar-refractivity contribution in [2.75, 3.05) is 18.9 Å². The molecule has 1 amide bonds. The fourth-order valence-electron chi connectivity index (χ4n) is 4.55. The number of nitrogens with two attached hydrogens (primary N) is 1. The largest absolute Gasteiger partial charge is 0.472 e. The number of halogens is 4. The van der Waals surface area contributed by atoms with Crippen LogP contribution in [0.15, 0.2) is 17.1 Å². The van der Waals surface area contributed by atoms with Crippen LogP contribution in [0.4, 0.5) is 23.5 Å². The smallest absolute Gasteiger partial charge is 0.369 e. The second-order valence-corrected chi connectivity index (χ2v) is 11.2. The standard InChI is InChI=1S/C21H28F4N5O9P/c1-9-14(39-20(2,3)38-9)13(27-18(32)21(23,24)25)8-36-40(33,34)35-7-10-6-12(22)17(37-10)30-5-4-11-15(30)28-19(26)29-16(11)31/h4-5,9-10,12-14,17H,6-8H2,1-3H3,(H,27,32)(H,33,34)(H3,26,28,29,31)/t9-,10+,12+,13+,14-,17?/m1/s1. The molecule has 2 aromatic heterocycles. The van der Waals surface area contributed by atoms with Gasteiger partial charge in [0.1, 0.15) is 12.3 Å². The van der Waals surface area contributed by atoms with Crippen LogP contribution in [-0.4, -0.2) is 81.0 Å². The summed E-state index contributed by atoms with van der Waals surface area (Å²) >= 11 is 0. The molecule has 0 aromatic carbocycles. The molecule has 2 unspecified atom stereocenters. The number of alkyl halides is 4. The lowest BCUT2D eigenvalue weighted by Gasteiger charge is -2.27. The Morgan fingerprint density at radius 2 is 2.10 bits per heavy atom. The second-order valence-electron chi connectivity index (χ2n) is 9.75. The summed E-state index contributed by atoms with van der Waals surface area (Å²) < 4.78 is 93.6. The zero-order valence-electron chi connectivity index (χ0n) is 21.4. The minimum Gasteiger partial charge on any atom is -0.369 e. The molecule has 5 N–H and O–H groups in total. The van der Waals surface area contributed by atoms with Gasteiger partial charge in [-0.15, -0.1) is 0 Å². The average molecular weight is 601 g/mol. The lowest BCUT2D eigenvalue weighted by Crippen LogP contribution is -2.53. The highest BCUT2D eigenvalue weighted by Gasteiger charge is 2.47. The van der Waals surface area contributed by atoms with Crippen molar-refractivity contribution in [2.45, 2.75) is 75.9 Å². The maximum Gasteiger partial charge on any atom is 0.472 e. The van der Waals surface area contributed by atoms with Crippen molar-refractivity contribution in [3.05, 3.63) is 22.6 Å². The van der Waals surface area contributed by atoms with Gasteiger partial charge in [0.15, 0.2) is 17.7 Å². The van der Waals surface area contributed by atoms with Gasteiger partial charge < -0.3 is 34.7 Å². The average Bonchev–Trinajstić information content (AvgIpc) is 3.48. The summed E-state index contributed by atoms with van der Waals surface area (Å²) in [5.74, 6) is -3.71. The van der Waals surface area contributed by atoms with Gasteiger partial charge in [-0.05, 0) is 26.8 Å². The van der Waals surface area contributed by atoms with E-state index in [1.54, 1.807) is 5.32 Å². The van der Waals surface area contributed by atoms with Crippen LogP contribution in [0, 0.1) is 0 Å². The molecule has 4 rings (SSSR count). The first-order valence-corrected chi connectivity index (χ1v) is 13.5. The predicted molar refractivity (Wildman–Crippen MR) is 127 cm³/mol. The summed E-state index contributed by atoms with van der Waals surface area (Å²) in [7, 11) is -4.94. The summed E-state index contributed by atoms with van der Waals surface area (Å²) in [6, 6.07) is -0.159.